The fourth-order valence-corrected chi connectivity index (χ4v) is 4.06. The lowest BCUT2D eigenvalue weighted by atomic mass is 10.4. The fourth-order valence-electron chi connectivity index (χ4n) is 1.85. The largest absolute Gasteiger partial charge is 0.466 e. The smallest absolute Gasteiger partial charge is 0.330 e. The molecule has 2 rings (SSSR count). The molecule has 0 amide bonds. The molecule has 0 bridgehead atoms. The number of carbonyl (C=O) groups excluding carboxylic acids is 1. The molecule has 0 aliphatic carbocycles. The maximum absolute atomic E-state index is 13.3. The van der Waals surface area contributed by atoms with Crippen LogP contribution in [0.25, 0.3) is 0 Å². The van der Waals surface area contributed by atoms with Crippen LogP contribution >= 0.6 is 7.14 Å². The van der Waals surface area contributed by atoms with Crippen LogP contribution in [0.1, 0.15) is 0 Å². The van der Waals surface area contributed by atoms with Gasteiger partial charge < -0.3 is 9.30 Å². The highest BCUT2D eigenvalue weighted by Crippen LogP contribution is 2.44. The minimum absolute atomic E-state index is 0.517. The van der Waals surface area contributed by atoms with Gasteiger partial charge >= 0.3 is 5.97 Å². The van der Waals surface area contributed by atoms with Crippen molar-refractivity contribution >= 4 is 23.7 Å². The first-order chi connectivity index (χ1) is 9.66. The summed E-state index contributed by atoms with van der Waals surface area (Å²) in [5.41, 5.74) is 0. The topological polar surface area (TPSA) is 43.4 Å². The van der Waals surface area contributed by atoms with E-state index in [1.807, 2.05) is 36.4 Å². The summed E-state index contributed by atoms with van der Waals surface area (Å²) in [6, 6.07) is 18.3. The summed E-state index contributed by atoms with van der Waals surface area (Å²) in [4.78, 5) is 11.3. The normalized spacial score (nSPS) is 11.4. The van der Waals surface area contributed by atoms with Crippen molar-refractivity contribution in [3.8, 4) is 0 Å². The molecule has 2 aromatic rings. The molecule has 0 heterocycles. The molecule has 0 N–H and O–H groups in total. The molecule has 0 aromatic heterocycles. The maximum atomic E-state index is 13.3. The Labute approximate surface area is 118 Å². The zero-order chi connectivity index (χ0) is 14.4. The van der Waals surface area contributed by atoms with E-state index in [1.165, 1.54) is 19.0 Å². The molecular weight excluding hydrogens is 271 g/mol. The lowest BCUT2D eigenvalue weighted by Crippen LogP contribution is -2.14. The van der Waals surface area contributed by atoms with Crippen molar-refractivity contribution < 1.29 is 14.1 Å². The Kier molecular flexibility index (Phi) is 4.54. The predicted octanol–water partition coefficient (Wildman–Crippen LogP) is 2.69. The molecule has 0 saturated heterocycles. The monoisotopic (exact) mass is 286 g/mol. The molecule has 0 fully saturated rings. The van der Waals surface area contributed by atoms with E-state index in [0.29, 0.717) is 10.6 Å². The van der Waals surface area contributed by atoms with Crippen LogP contribution in [0.2, 0.25) is 0 Å². The van der Waals surface area contributed by atoms with Crippen LogP contribution in [-0.2, 0) is 14.1 Å². The second-order valence-corrected chi connectivity index (χ2v) is 6.81. The third-order valence-corrected chi connectivity index (χ3v) is 5.60. The fraction of sp³-hybridized carbons (Fsp3) is 0.0625. The summed E-state index contributed by atoms with van der Waals surface area (Å²) < 4.78 is 17.9. The van der Waals surface area contributed by atoms with Gasteiger partial charge in [-0.3, -0.25) is 0 Å². The number of benzene rings is 2. The van der Waals surface area contributed by atoms with Gasteiger partial charge in [0.1, 0.15) is 0 Å². The van der Waals surface area contributed by atoms with Gasteiger partial charge in [-0.1, -0.05) is 60.7 Å². The Morgan fingerprint density at radius 1 is 0.950 bits per heavy atom. The number of esters is 1. The first-order valence-corrected chi connectivity index (χ1v) is 7.92. The van der Waals surface area contributed by atoms with Crippen LogP contribution in [0, 0.1) is 0 Å². The Morgan fingerprint density at radius 2 is 1.40 bits per heavy atom. The maximum Gasteiger partial charge on any atom is 0.330 e. The van der Waals surface area contributed by atoms with E-state index in [9.17, 15) is 9.36 Å². The van der Waals surface area contributed by atoms with Crippen molar-refractivity contribution in [2.45, 2.75) is 0 Å². The number of hydrogen-bond acceptors (Lipinski definition) is 3. The second kappa shape index (κ2) is 6.36. The van der Waals surface area contributed by atoms with Crippen molar-refractivity contribution in [2.24, 2.45) is 0 Å². The zero-order valence-electron chi connectivity index (χ0n) is 11.1. The summed E-state index contributed by atoms with van der Waals surface area (Å²) in [6.07, 6.45) is 1.22. The van der Waals surface area contributed by atoms with Gasteiger partial charge in [-0.05, 0) is 5.82 Å². The Balaban J connectivity index is 2.53. The Bertz CT molecular complexity index is 604. The van der Waals surface area contributed by atoms with Crippen molar-refractivity contribution in [2.75, 3.05) is 7.11 Å². The molecule has 0 aliphatic rings. The van der Waals surface area contributed by atoms with E-state index >= 15 is 0 Å². The predicted molar refractivity (Wildman–Crippen MR) is 80.9 cm³/mol. The summed E-state index contributed by atoms with van der Waals surface area (Å²) in [6.45, 7) is 0. The third-order valence-electron chi connectivity index (χ3n) is 2.90. The number of hydrogen-bond donors (Lipinski definition) is 0. The number of ether oxygens (including phenoxy) is 1. The van der Waals surface area contributed by atoms with Gasteiger partial charge in [0.25, 0.3) is 0 Å². The minimum atomic E-state index is -2.97. The van der Waals surface area contributed by atoms with E-state index in [0.717, 1.165) is 0 Å². The third kappa shape index (κ3) is 3.06. The van der Waals surface area contributed by atoms with Gasteiger partial charge in [0, 0.05) is 16.7 Å². The highest BCUT2D eigenvalue weighted by atomic mass is 31.2. The SMILES string of the molecule is COC(=O)/C=C/P(=O)(c1ccccc1)c1ccccc1. The van der Waals surface area contributed by atoms with Gasteiger partial charge in [-0.15, -0.1) is 0 Å². The summed E-state index contributed by atoms with van der Waals surface area (Å²) in [5, 5.41) is 1.37. The molecule has 0 radical (unpaired) electrons. The first-order valence-electron chi connectivity index (χ1n) is 6.15. The van der Waals surface area contributed by atoms with Gasteiger partial charge in [-0.2, -0.15) is 0 Å². The molecule has 4 heteroatoms. The molecule has 102 valence electrons. The van der Waals surface area contributed by atoms with Crippen LogP contribution in [0.4, 0.5) is 0 Å². The highest BCUT2D eigenvalue weighted by molar-refractivity contribution is 7.81. The molecule has 3 nitrogen and oxygen atoms in total. The number of rotatable bonds is 4. The Morgan fingerprint density at radius 3 is 1.80 bits per heavy atom. The van der Waals surface area contributed by atoms with Crippen LogP contribution in [0.15, 0.2) is 72.6 Å². The minimum Gasteiger partial charge on any atom is -0.466 e. The average molecular weight is 286 g/mol. The van der Waals surface area contributed by atoms with Gasteiger partial charge in [0.15, 0.2) is 7.14 Å². The summed E-state index contributed by atoms with van der Waals surface area (Å²) in [5.74, 6) is 0.931. The summed E-state index contributed by atoms with van der Waals surface area (Å²) in [7, 11) is -1.68. The molecule has 0 spiro atoms. The number of carbonyl (C=O) groups is 1. The molecule has 0 aliphatic heterocycles. The van der Waals surface area contributed by atoms with Crippen molar-refractivity contribution in [1.29, 1.82) is 0 Å². The van der Waals surface area contributed by atoms with Crippen molar-refractivity contribution in [3.05, 3.63) is 72.6 Å². The quantitative estimate of drug-likeness (QED) is 0.493. The van der Waals surface area contributed by atoms with E-state index in [-0.39, 0.29) is 0 Å². The average Bonchev–Trinajstić information content (AvgIpc) is 2.54. The molecule has 0 atom stereocenters. The molecule has 20 heavy (non-hydrogen) atoms. The second-order valence-electron chi connectivity index (χ2n) is 4.17. The highest BCUT2D eigenvalue weighted by Gasteiger charge is 2.24. The van der Waals surface area contributed by atoms with Gasteiger partial charge in [0.05, 0.1) is 7.11 Å². The lowest BCUT2D eigenvalue weighted by molar-refractivity contribution is -0.134. The standard InChI is InChI=1S/C16H15O3P/c1-19-16(17)12-13-20(18,14-8-4-2-5-9-14)15-10-6-3-7-11-15/h2-13H,1H3/b13-12+. The lowest BCUT2D eigenvalue weighted by Gasteiger charge is -2.15. The van der Waals surface area contributed by atoms with Crippen LogP contribution in [-0.4, -0.2) is 13.1 Å². The van der Waals surface area contributed by atoms with E-state index < -0.39 is 13.1 Å². The Hall–Kier alpha value is -2.12. The van der Waals surface area contributed by atoms with Crippen LogP contribution < -0.4 is 10.6 Å². The van der Waals surface area contributed by atoms with E-state index in [2.05, 4.69) is 4.74 Å². The van der Waals surface area contributed by atoms with E-state index in [4.69, 9.17) is 0 Å². The molecule has 2 aromatic carbocycles. The van der Waals surface area contributed by atoms with Gasteiger partial charge in [-0.25, -0.2) is 4.79 Å². The summed E-state index contributed by atoms with van der Waals surface area (Å²) >= 11 is 0. The zero-order valence-corrected chi connectivity index (χ0v) is 12.0. The molecule has 0 saturated carbocycles. The van der Waals surface area contributed by atoms with Gasteiger partial charge in [0.2, 0.25) is 0 Å². The van der Waals surface area contributed by atoms with Crippen molar-refractivity contribution in [1.82, 2.24) is 0 Å². The van der Waals surface area contributed by atoms with Crippen molar-refractivity contribution in [3.63, 3.8) is 0 Å². The molecule has 0 unspecified atom stereocenters. The van der Waals surface area contributed by atoms with E-state index in [1.54, 1.807) is 24.3 Å². The van der Waals surface area contributed by atoms with Crippen LogP contribution in [0.3, 0.4) is 0 Å². The molecular formula is C16H15O3P. The first kappa shape index (κ1) is 14.3. The van der Waals surface area contributed by atoms with Crippen LogP contribution in [0.5, 0.6) is 0 Å². The number of methoxy groups -OCH3 is 1.